The zero-order chi connectivity index (χ0) is 19.5. The van der Waals surface area contributed by atoms with Crippen LogP contribution in [0.5, 0.6) is 5.75 Å². The SMILES string of the molecule is COc1ccc(Nc2cc(C(=O)N3CCC(C)CC3)nc3ccccc23)cc1. The summed E-state index contributed by atoms with van der Waals surface area (Å²) in [7, 11) is 1.65. The lowest BCUT2D eigenvalue weighted by atomic mass is 9.99. The minimum Gasteiger partial charge on any atom is -0.497 e. The van der Waals surface area contributed by atoms with Crippen LogP contribution in [0.4, 0.5) is 11.4 Å². The average Bonchev–Trinajstić information content (AvgIpc) is 2.74. The smallest absolute Gasteiger partial charge is 0.272 e. The molecule has 0 aliphatic carbocycles. The van der Waals surface area contributed by atoms with Crippen LogP contribution < -0.4 is 10.1 Å². The van der Waals surface area contributed by atoms with Gasteiger partial charge >= 0.3 is 0 Å². The summed E-state index contributed by atoms with van der Waals surface area (Å²) in [5.74, 6) is 1.50. The van der Waals surface area contributed by atoms with Crippen LogP contribution in [0.15, 0.2) is 54.6 Å². The third-order valence-corrected chi connectivity index (χ3v) is 5.38. The second-order valence-corrected chi connectivity index (χ2v) is 7.40. The number of carbonyl (C=O) groups is 1. The molecule has 4 rings (SSSR count). The number of benzene rings is 2. The Hall–Kier alpha value is -3.08. The lowest BCUT2D eigenvalue weighted by Crippen LogP contribution is -2.38. The molecule has 0 radical (unpaired) electrons. The normalized spacial score (nSPS) is 14.9. The van der Waals surface area contributed by atoms with E-state index in [4.69, 9.17) is 4.74 Å². The van der Waals surface area contributed by atoms with Crippen molar-refractivity contribution < 1.29 is 9.53 Å². The number of anilines is 2. The van der Waals surface area contributed by atoms with Gasteiger partial charge in [-0.3, -0.25) is 4.79 Å². The largest absolute Gasteiger partial charge is 0.497 e. The Labute approximate surface area is 165 Å². The highest BCUT2D eigenvalue weighted by atomic mass is 16.5. The summed E-state index contributed by atoms with van der Waals surface area (Å²) in [6.07, 6.45) is 2.10. The van der Waals surface area contributed by atoms with Crippen LogP contribution in [-0.4, -0.2) is 36.0 Å². The monoisotopic (exact) mass is 375 g/mol. The molecule has 144 valence electrons. The molecule has 0 atom stereocenters. The van der Waals surface area contributed by atoms with Crippen molar-refractivity contribution in [2.45, 2.75) is 19.8 Å². The van der Waals surface area contributed by atoms with Gasteiger partial charge in [0.25, 0.3) is 5.91 Å². The van der Waals surface area contributed by atoms with E-state index in [1.807, 2.05) is 59.5 Å². The van der Waals surface area contributed by atoms with Crippen LogP contribution in [0.2, 0.25) is 0 Å². The lowest BCUT2D eigenvalue weighted by Gasteiger charge is -2.30. The highest BCUT2D eigenvalue weighted by Crippen LogP contribution is 2.28. The fraction of sp³-hybridized carbons (Fsp3) is 0.304. The quantitative estimate of drug-likeness (QED) is 0.708. The molecule has 0 unspecified atom stereocenters. The Morgan fingerprint density at radius 3 is 2.54 bits per heavy atom. The standard InChI is InChI=1S/C23H25N3O2/c1-16-11-13-26(14-12-16)23(27)22-15-21(19-5-3-4-6-20(19)25-22)24-17-7-9-18(28-2)10-8-17/h3-10,15-16H,11-14H2,1-2H3,(H,24,25). The zero-order valence-corrected chi connectivity index (χ0v) is 16.3. The maximum atomic E-state index is 13.1. The number of likely N-dealkylation sites (tertiary alicyclic amines) is 1. The number of piperidine rings is 1. The van der Waals surface area contributed by atoms with E-state index in [1.165, 1.54) is 0 Å². The number of carbonyl (C=O) groups excluding carboxylic acids is 1. The molecule has 1 saturated heterocycles. The van der Waals surface area contributed by atoms with Crippen molar-refractivity contribution in [3.8, 4) is 5.75 Å². The van der Waals surface area contributed by atoms with Crippen LogP contribution in [-0.2, 0) is 0 Å². The first-order valence-electron chi connectivity index (χ1n) is 9.74. The van der Waals surface area contributed by atoms with Crippen molar-refractivity contribution in [1.82, 2.24) is 9.88 Å². The molecule has 28 heavy (non-hydrogen) atoms. The molecule has 5 heteroatoms. The fourth-order valence-corrected chi connectivity index (χ4v) is 3.59. The van der Waals surface area contributed by atoms with E-state index < -0.39 is 0 Å². The molecule has 1 N–H and O–H groups in total. The van der Waals surface area contributed by atoms with Crippen LogP contribution in [0.1, 0.15) is 30.3 Å². The molecule has 1 fully saturated rings. The molecule has 2 heterocycles. The van der Waals surface area contributed by atoms with Gasteiger partial charge in [0.2, 0.25) is 0 Å². The topological polar surface area (TPSA) is 54.5 Å². The third-order valence-electron chi connectivity index (χ3n) is 5.38. The van der Waals surface area contributed by atoms with Crippen molar-refractivity contribution in [1.29, 1.82) is 0 Å². The van der Waals surface area contributed by atoms with E-state index in [0.717, 1.165) is 54.0 Å². The zero-order valence-electron chi connectivity index (χ0n) is 16.3. The number of ether oxygens (including phenoxy) is 1. The summed E-state index contributed by atoms with van der Waals surface area (Å²) >= 11 is 0. The van der Waals surface area contributed by atoms with E-state index in [2.05, 4.69) is 17.2 Å². The lowest BCUT2D eigenvalue weighted by molar-refractivity contribution is 0.0691. The summed E-state index contributed by atoms with van der Waals surface area (Å²) in [5.41, 5.74) is 3.12. The number of methoxy groups -OCH3 is 1. The summed E-state index contributed by atoms with van der Waals surface area (Å²) in [6, 6.07) is 17.5. The fourth-order valence-electron chi connectivity index (χ4n) is 3.59. The highest BCUT2D eigenvalue weighted by molar-refractivity contribution is 6.00. The van der Waals surface area contributed by atoms with E-state index in [1.54, 1.807) is 7.11 Å². The van der Waals surface area contributed by atoms with Gasteiger partial charge in [-0.15, -0.1) is 0 Å². The third kappa shape index (κ3) is 3.79. The summed E-state index contributed by atoms with van der Waals surface area (Å²) < 4.78 is 5.23. The predicted molar refractivity (Wildman–Crippen MR) is 112 cm³/mol. The highest BCUT2D eigenvalue weighted by Gasteiger charge is 2.23. The molecule has 0 spiro atoms. The first kappa shape index (κ1) is 18.3. The minimum absolute atomic E-state index is 0.00966. The number of para-hydroxylation sites is 1. The second kappa shape index (κ2) is 7.89. The maximum Gasteiger partial charge on any atom is 0.272 e. The van der Waals surface area contributed by atoms with Gasteiger partial charge in [0.05, 0.1) is 18.3 Å². The van der Waals surface area contributed by atoms with Crippen molar-refractivity contribution in [2.75, 3.05) is 25.5 Å². The Kier molecular flexibility index (Phi) is 5.15. The molecule has 5 nitrogen and oxygen atoms in total. The molecule has 3 aromatic rings. The number of hydrogen-bond acceptors (Lipinski definition) is 4. The Morgan fingerprint density at radius 1 is 1.11 bits per heavy atom. The Morgan fingerprint density at radius 2 is 1.82 bits per heavy atom. The van der Waals surface area contributed by atoms with Gasteiger partial charge < -0.3 is 15.0 Å². The van der Waals surface area contributed by atoms with Gasteiger partial charge in [0.15, 0.2) is 0 Å². The van der Waals surface area contributed by atoms with Crippen molar-refractivity contribution in [3.63, 3.8) is 0 Å². The first-order chi connectivity index (χ1) is 13.6. The average molecular weight is 375 g/mol. The number of nitrogens with one attached hydrogen (secondary N) is 1. The molecule has 0 bridgehead atoms. The summed E-state index contributed by atoms with van der Waals surface area (Å²) in [6.45, 7) is 3.85. The Bertz CT molecular complexity index is 977. The van der Waals surface area contributed by atoms with Gasteiger partial charge in [-0.05, 0) is 55.2 Å². The molecular weight excluding hydrogens is 350 g/mol. The van der Waals surface area contributed by atoms with Crippen molar-refractivity contribution >= 4 is 28.2 Å². The second-order valence-electron chi connectivity index (χ2n) is 7.40. The van der Waals surface area contributed by atoms with E-state index in [9.17, 15) is 4.79 Å². The molecular formula is C23H25N3O2. The molecule has 0 saturated carbocycles. The predicted octanol–water partition coefficient (Wildman–Crippen LogP) is 4.86. The van der Waals surface area contributed by atoms with Crippen LogP contribution in [0.25, 0.3) is 10.9 Å². The molecule has 1 aliphatic rings. The molecule has 1 amide bonds. The van der Waals surface area contributed by atoms with Gasteiger partial charge in [0.1, 0.15) is 11.4 Å². The van der Waals surface area contributed by atoms with Gasteiger partial charge in [-0.1, -0.05) is 25.1 Å². The van der Waals surface area contributed by atoms with Crippen molar-refractivity contribution in [2.24, 2.45) is 5.92 Å². The van der Waals surface area contributed by atoms with Gasteiger partial charge in [0, 0.05) is 24.2 Å². The molecule has 1 aromatic heterocycles. The number of amides is 1. The molecule has 2 aromatic carbocycles. The number of rotatable bonds is 4. The molecule has 1 aliphatic heterocycles. The number of aromatic nitrogens is 1. The van der Waals surface area contributed by atoms with Crippen LogP contribution >= 0.6 is 0 Å². The summed E-state index contributed by atoms with van der Waals surface area (Å²) in [5, 5.41) is 4.43. The van der Waals surface area contributed by atoms with Gasteiger partial charge in [-0.2, -0.15) is 0 Å². The van der Waals surface area contributed by atoms with Gasteiger partial charge in [-0.25, -0.2) is 4.98 Å². The number of pyridine rings is 1. The maximum absolute atomic E-state index is 13.1. The minimum atomic E-state index is 0.00966. The van der Waals surface area contributed by atoms with Crippen LogP contribution in [0.3, 0.4) is 0 Å². The van der Waals surface area contributed by atoms with Crippen LogP contribution in [0, 0.1) is 5.92 Å². The van der Waals surface area contributed by atoms with E-state index >= 15 is 0 Å². The summed E-state index contributed by atoms with van der Waals surface area (Å²) in [4.78, 5) is 19.6. The Balaban J connectivity index is 1.67. The van der Waals surface area contributed by atoms with E-state index in [0.29, 0.717) is 11.6 Å². The number of nitrogens with zero attached hydrogens (tertiary/aromatic N) is 2. The first-order valence-corrected chi connectivity index (χ1v) is 9.74. The number of fused-ring (bicyclic) bond motifs is 1. The van der Waals surface area contributed by atoms with Crippen molar-refractivity contribution in [3.05, 3.63) is 60.3 Å². The number of hydrogen-bond donors (Lipinski definition) is 1. The van der Waals surface area contributed by atoms with E-state index in [-0.39, 0.29) is 5.91 Å².